The summed E-state index contributed by atoms with van der Waals surface area (Å²) in [4.78, 5) is 0. The highest BCUT2D eigenvalue weighted by Gasteiger charge is 1.94. The second-order valence-electron chi connectivity index (χ2n) is 3.14. The van der Waals surface area contributed by atoms with Crippen molar-refractivity contribution in [2.45, 2.75) is 40.2 Å². The Balaban J connectivity index is 3.84. The third-order valence-electron chi connectivity index (χ3n) is 1.62. The number of rotatable bonds is 3. The normalized spacial score (nSPS) is 14.5. The van der Waals surface area contributed by atoms with Gasteiger partial charge in [-0.25, -0.2) is 0 Å². The van der Waals surface area contributed by atoms with E-state index in [0.29, 0.717) is 0 Å². The standard InChI is InChI=1S/C10H18O/c1-8(2)6-5-7-9(3)10(4)11/h6-7,10-11H,5H2,1-4H3/b9-7+/t10-/m0/s1. The van der Waals surface area contributed by atoms with Crippen LogP contribution in [-0.4, -0.2) is 11.2 Å². The molecule has 0 bridgehead atoms. The van der Waals surface area contributed by atoms with E-state index in [4.69, 9.17) is 5.11 Å². The summed E-state index contributed by atoms with van der Waals surface area (Å²) >= 11 is 0. The Labute approximate surface area is 69.4 Å². The summed E-state index contributed by atoms with van der Waals surface area (Å²) in [5.74, 6) is 0. The highest BCUT2D eigenvalue weighted by molar-refractivity contribution is 5.07. The fraction of sp³-hybridized carbons (Fsp3) is 0.600. The molecule has 64 valence electrons. The third kappa shape index (κ3) is 5.86. The van der Waals surface area contributed by atoms with Gasteiger partial charge < -0.3 is 5.11 Å². The average molecular weight is 154 g/mol. The van der Waals surface area contributed by atoms with Crippen LogP contribution in [0.3, 0.4) is 0 Å². The minimum atomic E-state index is -0.305. The third-order valence-corrected chi connectivity index (χ3v) is 1.62. The molecule has 0 radical (unpaired) electrons. The second-order valence-corrected chi connectivity index (χ2v) is 3.14. The zero-order valence-corrected chi connectivity index (χ0v) is 7.89. The molecule has 0 aromatic rings. The summed E-state index contributed by atoms with van der Waals surface area (Å²) in [5.41, 5.74) is 2.36. The lowest BCUT2D eigenvalue weighted by Gasteiger charge is -2.02. The Morgan fingerprint density at radius 2 is 1.82 bits per heavy atom. The van der Waals surface area contributed by atoms with Gasteiger partial charge in [-0.2, -0.15) is 0 Å². The second kappa shape index (κ2) is 5.14. The molecular formula is C10H18O. The van der Waals surface area contributed by atoms with Crippen molar-refractivity contribution in [3.63, 3.8) is 0 Å². The van der Waals surface area contributed by atoms with Crippen molar-refractivity contribution in [1.29, 1.82) is 0 Å². The van der Waals surface area contributed by atoms with Gasteiger partial charge in [0.15, 0.2) is 0 Å². The van der Waals surface area contributed by atoms with Crippen LogP contribution in [0, 0.1) is 0 Å². The Morgan fingerprint density at radius 3 is 2.18 bits per heavy atom. The monoisotopic (exact) mass is 154 g/mol. The molecule has 11 heavy (non-hydrogen) atoms. The van der Waals surface area contributed by atoms with Gasteiger partial charge in [0.2, 0.25) is 0 Å². The summed E-state index contributed by atoms with van der Waals surface area (Å²) in [6.07, 6.45) is 4.82. The van der Waals surface area contributed by atoms with Gasteiger partial charge in [0.1, 0.15) is 0 Å². The molecule has 0 saturated heterocycles. The first-order valence-corrected chi connectivity index (χ1v) is 4.02. The summed E-state index contributed by atoms with van der Waals surface area (Å²) in [6, 6.07) is 0. The molecule has 0 aromatic heterocycles. The van der Waals surface area contributed by atoms with Crippen LogP contribution in [0.2, 0.25) is 0 Å². The van der Waals surface area contributed by atoms with E-state index < -0.39 is 0 Å². The molecule has 0 aromatic carbocycles. The Morgan fingerprint density at radius 1 is 1.27 bits per heavy atom. The van der Waals surface area contributed by atoms with E-state index in [-0.39, 0.29) is 6.10 Å². The lowest BCUT2D eigenvalue weighted by atomic mass is 10.1. The lowest BCUT2D eigenvalue weighted by Crippen LogP contribution is -2.00. The van der Waals surface area contributed by atoms with Crippen molar-refractivity contribution in [3.05, 3.63) is 23.3 Å². The molecule has 0 amide bonds. The molecule has 0 fully saturated rings. The van der Waals surface area contributed by atoms with E-state index >= 15 is 0 Å². The van der Waals surface area contributed by atoms with E-state index in [9.17, 15) is 0 Å². The topological polar surface area (TPSA) is 20.2 Å². The molecule has 1 atom stereocenters. The Kier molecular flexibility index (Phi) is 4.88. The first kappa shape index (κ1) is 10.4. The van der Waals surface area contributed by atoms with Gasteiger partial charge in [-0.15, -0.1) is 0 Å². The molecule has 0 unspecified atom stereocenters. The van der Waals surface area contributed by atoms with Crippen molar-refractivity contribution in [3.8, 4) is 0 Å². The number of allylic oxidation sites excluding steroid dienone is 3. The number of aliphatic hydroxyl groups excluding tert-OH is 1. The summed E-state index contributed by atoms with van der Waals surface area (Å²) in [5, 5.41) is 9.10. The van der Waals surface area contributed by atoms with Gasteiger partial charge >= 0.3 is 0 Å². The molecule has 0 heterocycles. The Hall–Kier alpha value is -0.560. The van der Waals surface area contributed by atoms with E-state index in [1.54, 1.807) is 6.92 Å². The summed E-state index contributed by atoms with van der Waals surface area (Å²) < 4.78 is 0. The van der Waals surface area contributed by atoms with Crippen LogP contribution in [0.5, 0.6) is 0 Å². The molecular weight excluding hydrogens is 136 g/mol. The van der Waals surface area contributed by atoms with Crippen molar-refractivity contribution in [2.24, 2.45) is 0 Å². The SMILES string of the molecule is CC(C)=CC/C=C(\C)[C@H](C)O. The van der Waals surface area contributed by atoms with Crippen LogP contribution >= 0.6 is 0 Å². The van der Waals surface area contributed by atoms with Crippen LogP contribution in [0.25, 0.3) is 0 Å². The fourth-order valence-corrected chi connectivity index (χ4v) is 0.651. The maximum atomic E-state index is 9.10. The molecule has 1 N–H and O–H groups in total. The highest BCUT2D eigenvalue weighted by Crippen LogP contribution is 2.03. The summed E-state index contributed by atoms with van der Waals surface area (Å²) in [6.45, 7) is 7.88. The van der Waals surface area contributed by atoms with E-state index in [2.05, 4.69) is 26.0 Å². The molecule has 0 aliphatic heterocycles. The molecule has 0 spiro atoms. The van der Waals surface area contributed by atoms with Crippen LogP contribution in [0.15, 0.2) is 23.3 Å². The van der Waals surface area contributed by atoms with Gasteiger partial charge in [-0.3, -0.25) is 0 Å². The van der Waals surface area contributed by atoms with Crippen LogP contribution in [0.1, 0.15) is 34.1 Å². The van der Waals surface area contributed by atoms with Crippen LogP contribution in [-0.2, 0) is 0 Å². The quantitative estimate of drug-likeness (QED) is 0.620. The van der Waals surface area contributed by atoms with E-state index in [1.807, 2.05) is 6.92 Å². The summed E-state index contributed by atoms with van der Waals surface area (Å²) in [7, 11) is 0. The lowest BCUT2D eigenvalue weighted by molar-refractivity contribution is 0.231. The van der Waals surface area contributed by atoms with Gasteiger partial charge in [-0.05, 0) is 39.7 Å². The van der Waals surface area contributed by atoms with Gasteiger partial charge in [0.05, 0.1) is 6.10 Å². The van der Waals surface area contributed by atoms with Crippen molar-refractivity contribution in [1.82, 2.24) is 0 Å². The minimum Gasteiger partial charge on any atom is -0.389 e. The predicted octanol–water partition coefficient (Wildman–Crippen LogP) is 2.67. The molecule has 0 saturated carbocycles. The Bertz CT molecular complexity index is 160. The van der Waals surface area contributed by atoms with Crippen LogP contribution in [0.4, 0.5) is 0 Å². The predicted molar refractivity (Wildman–Crippen MR) is 49.5 cm³/mol. The van der Waals surface area contributed by atoms with E-state index in [0.717, 1.165) is 12.0 Å². The van der Waals surface area contributed by atoms with Gasteiger partial charge in [-0.1, -0.05) is 17.7 Å². The fourth-order valence-electron chi connectivity index (χ4n) is 0.651. The molecule has 0 rings (SSSR count). The average Bonchev–Trinajstić information content (AvgIpc) is 1.86. The molecule has 0 aliphatic carbocycles. The minimum absolute atomic E-state index is 0.305. The molecule has 1 heteroatoms. The first-order chi connectivity index (χ1) is 5.04. The van der Waals surface area contributed by atoms with Crippen LogP contribution < -0.4 is 0 Å². The molecule has 0 aliphatic rings. The zero-order chi connectivity index (χ0) is 8.85. The maximum absolute atomic E-state index is 9.10. The smallest absolute Gasteiger partial charge is 0.0719 e. The molecule has 1 nitrogen and oxygen atoms in total. The van der Waals surface area contributed by atoms with Gasteiger partial charge in [0.25, 0.3) is 0 Å². The number of hydrogen-bond donors (Lipinski definition) is 1. The maximum Gasteiger partial charge on any atom is 0.0719 e. The highest BCUT2D eigenvalue weighted by atomic mass is 16.3. The van der Waals surface area contributed by atoms with Crippen molar-refractivity contribution < 1.29 is 5.11 Å². The number of hydrogen-bond acceptors (Lipinski definition) is 1. The zero-order valence-electron chi connectivity index (χ0n) is 7.89. The first-order valence-electron chi connectivity index (χ1n) is 4.02. The van der Waals surface area contributed by atoms with Gasteiger partial charge in [0, 0.05) is 0 Å². The van der Waals surface area contributed by atoms with Crippen molar-refractivity contribution >= 4 is 0 Å². The van der Waals surface area contributed by atoms with E-state index in [1.165, 1.54) is 5.57 Å². The number of aliphatic hydroxyl groups is 1. The van der Waals surface area contributed by atoms with Crippen molar-refractivity contribution in [2.75, 3.05) is 0 Å². The largest absolute Gasteiger partial charge is 0.389 e.